The minimum atomic E-state index is -0.782. The zero-order valence-electron chi connectivity index (χ0n) is 10.7. The van der Waals surface area contributed by atoms with Crippen LogP contribution in [0.5, 0.6) is 5.75 Å². The van der Waals surface area contributed by atoms with Crippen LogP contribution < -0.4 is 15.8 Å². The van der Waals surface area contributed by atoms with Crippen LogP contribution in [0.2, 0.25) is 0 Å². The lowest BCUT2D eigenvalue weighted by atomic mass is 10.2. The maximum atomic E-state index is 13.3. The van der Waals surface area contributed by atoms with Crippen LogP contribution in [0.15, 0.2) is 36.4 Å². The molecular weight excluding hydrogens is 285 g/mol. The molecule has 0 aliphatic carbocycles. The fourth-order valence-electron chi connectivity index (χ4n) is 1.55. The van der Waals surface area contributed by atoms with Crippen LogP contribution in [0.4, 0.5) is 24.5 Å². The quantitative estimate of drug-likeness (QED) is 0.853. The molecule has 21 heavy (non-hydrogen) atoms. The van der Waals surface area contributed by atoms with Gasteiger partial charge in [-0.15, -0.1) is 0 Å². The molecular formula is C14H11F3N2O2. The van der Waals surface area contributed by atoms with E-state index in [1.807, 2.05) is 0 Å². The first-order valence-electron chi connectivity index (χ1n) is 5.88. The smallest absolute Gasteiger partial charge is 0.262 e. The third kappa shape index (κ3) is 3.88. The largest absolute Gasteiger partial charge is 0.481 e. The van der Waals surface area contributed by atoms with E-state index in [4.69, 9.17) is 10.5 Å². The van der Waals surface area contributed by atoms with Crippen molar-refractivity contribution in [3.8, 4) is 5.75 Å². The van der Waals surface area contributed by atoms with E-state index in [9.17, 15) is 18.0 Å². The van der Waals surface area contributed by atoms with Crippen molar-refractivity contribution in [1.82, 2.24) is 0 Å². The van der Waals surface area contributed by atoms with E-state index in [1.54, 1.807) is 0 Å². The number of benzene rings is 2. The van der Waals surface area contributed by atoms with E-state index in [1.165, 1.54) is 12.1 Å². The molecule has 0 saturated carbocycles. The molecule has 0 aliphatic heterocycles. The van der Waals surface area contributed by atoms with Gasteiger partial charge < -0.3 is 15.8 Å². The Morgan fingerprint density at radius 2 is 1.81 bits per heavy atom. The summed E-state index contributed by atoms with van der Waals surface area (Å²) in [5.74, 6) is -3.06. The van der Waals surface area contributed by atoms with Crippen molar-refractivity contribution in [2.75, 3.05) is 17.7 Å². The van der Waals surface area contributed by atoms with Crippen molar-refractivity contribution in [1.29, 1.82) is 0 Å². The van der Waals surface area contributed by atoms with Gasteiger partial charge in [-0.05, 0) is 30.3 Å². The number of carbonyl (C=O) groups is 1. The summed E-state index contributed by atoms with van der Waals surface area (Å²) in [5, 5.41) is 2.39. The normalized spacial score (nSPS) is 10.2. The highest BCUT2D eigenvalue weighted by molar-refractivity contribution is 5.92. The van der Waals surface area contributed by atoms with E-state index in [-0.39, 0.29) is 17.1 Å². The third-order valence-corrected chi connectivity index (χ3v) is 2.53. The number of halogens is 3. The molecule has 2 rings (SSSR count). The van der Waals surface area contributed by atoms with E-state index in [2.05, 4.69) is 5.32 Å². The topological polar surface area (TPSA) is 64.3 Å². The van der Waals surface area contributed by atoms with E-state index < -0.39 is 30.0 Å². The number of hydrogen-bond acceptors (Lipinski definition) is 3. The molecule has 2 aromatic rings. The molecule has 1 amide bonds. The van der Waals surface area contributed by atoms with Crippen molar-refractivity contribution >= 4 is 17.3 Å². The van der Waals surface area contributed by atoms with Crippen molar-refractivity contribution < 1.29 is 22.7 Å². The first kappa shape index (κ1) is 14.7. The molecule has 0 aliphatic rings. The molecule has 110 valence electrons. The highest BCUT2D eigenvalue weighted by atomic mass is 19.1. The van der Waals surface area contributed by atoms with Crippen LogP contribution in [0.25, 0.3) is 0 Å². The Labute approximate surface area is 118 Å². The third-order valence-electron chi connectivity index (χ3n) is 2.53. The predicted octanol–water partition coefficient (Wildman–Crippen LogP) is 2.70. The predicted molar refractivity (Wildman–Crippen MR) is 71.3 cm³/mol. The van der Waals surface area contributed by atoms with Crippen molar-refractivity contribution in [3.63, 3.8) is 0 Å². The van der Waals surface area contributed by atoms with Crippen LogP contribution in [0.3, 0.4) is 0 Å². The second-order valence-electron chi connectivity index (χ2n) is 4.15. The van der Waals surface area contributed by atoms with Gasteiger partial charge >= 0.3 is 0 Å². The van der Waals surface area contributed by atoms with Gasteiger partial charge in [0.15, 0.2) is 18.2 Å². The van der Waals surface area contributed by atoms with Gasteiger partial charge in [-0.25, -0.2) is 13.2 Å². The number of amides is 1. The molecule has 2 aromatic carbocycles. The van der Waals surface area contributed by atoms with Crippen molar-refractivity contribution in [2.45, 2.75) is 0 Å². The molecule has 0 heterocycles. The molecule has 4 nitrogen and oxygen atoms in total. The van der Waals surface area contributed by atoms with Crippen LogP contribution >= 0.6 is 0 Å². The van der Waals surface area contributed by atoms with Crippen molar-refractivity contribution in [2.24, 2.45) is 0 Å². The highest BCUT2D eigenvalue weighted by Crippen LogP contribution is 2.19. The fourth-order valence-corrected chi connectivity index (χ4v) is 1.55. The summed E-state index contributed by atoms with van der Waals surface area (Å²) in [4.78, 5) is 11.6. The minimum absolute atomic E-state index is 0.120. The monoisotopic (exact) mass is 296 g/mol. The van der Waals surface area contributed by atoms with Gasteiger partial charge in [0.25, 0.3) is 5.91 Å². The molecule has 0 radical (unpaired) electrons. The number of hydrogen-bond donors (Lipinski definition) is 2. The molecule has 0 fully saturated rings. The number of carbonyl (C=O) groups excluding carboxylic acids is 1. The molecule has 0 atom stereocenters. The molecule has 7 heteroatoms. The summed E-state index contributed by atoms with van der Waals surface area (Å²) in [7, 11) is 0. The minimum Gasteiger partial charge on any atom is -0.481 e. The average molecular weight is 296 g/mol. The Bertz CT molecular complexity index is 677. The Hall–Kier alpha value is -2.70. The Kier molecular flexibility index (Phi) is 4.32. The number of nitrogens with two attached hydrogens (primary N) is 1. The van der Waals surface area contributed by atoms with Gasteiger partial charge in [0.2, 0.25) is 0 Å². The van der Waals surface area contributed by atoms with Crippen LogP contribution in [-0.4, -0.2) is 12.5 Å². The van der Waals surface area contributed by atoms with Crippen molar-refractivity contribution in [3.05, 3.63) is 53.8 Å². The van der Waals surface area contributed by atoms with Crippen LogP contribution in [-0.2, 0) is 4.79 Å². The molecule has 0 unspecified atom stereocenters. The highest BCUT2D eigenvalue weighted by Gasteiger charge is 2.09. The summed E-state index contributed by atoms with van der Waals surface area (Å²) in [6.45, 7) is -0.530. The van der Waals surface area contributed by atoms with E-state index in [0.29, 0.717) is 0 Å². The van der Waals surface area contributed by atoms with Gasteiger partial charge in [0.05, 0.1) is 5.69 Å². The SMILES string of the molecule is Nc1cc(NC(=O)COc2cc(F)ccc2F)ccc1F. The average Bonchev–Trinajstić information content (AvgIpc) is 2.44. The lowest BCUT2D eigenvalue weighted by Crippen LogP contribution is -2.20. The Morgan fingerprint density at radius 3 is 2.52 bits per heavy atom. The lowest BCUT2D eigenvalue weighted by molar-refractivity contribution is -0.118. The Morgan fingerprint density at radius 1 is 1.10 bits per heavy atom. The summed E-state index contributed by atoms with van der Waals surface area (Å²) < 4.78 is 44.0. The fraction of sp³-hybridized carbons (Fsp3) is 0.0714. The van der Waals surface area contributed by atoms with Crippen LogP contribution in [0.1, 0.15) is 0 Å². The molecule has 0 spiro atoms. The first-order chi connectivity index (χ1) is 9.95. The van der Waals surface area contributed by atoms with Gasteiger partial charge in [-0.2, -0.15) is 0 Å². The van der Waals surface area contributed by atoms with E-state index >= 15 is 0 Å². The number of nitrogen functional groups attached to an aromatic ring is 1. The number of nitrogens with one attached hydrogen (secondary N) is 1. The summed E-state index contributed by atoms with van der Waals surface area (Å²) in [5.41, 5.74) is 5.49. The number of anilines is 2. The zero-order chi connectivity index (χ0) is 15.4. The zero-order valence-corrected chi connectivity index (χ0v) is 10.7. The van der Waals surface area contributed by atoms with Gasteiger partial charge in [-0.3, -0.25) is 4.79 Å². The van der Waals surface area contributed by atoms with Gasteiger partial charge in [0.1, 0.15) is 11.6 Å². The second kappa shape index (κ2) is 6.17. The van der Waals surface area contributed by atoms with Gasteiger partial charge in [0, 0.05) is 11.8 Å². The number of rotatable bonds is 4. The molecule has 3 N–H and O–H groups in total. The van der Waals surface area contributed by atoms with Crippen LogP contribution in [0, 0.1) is 17.5 Å². The Balaban J connectivity index is 1.95. The maximum Gasteiger partial charge on any atom is 0.262 e. The first-order valence-corrected chi connectivity index (χ1v) is 5.88. The second-order valence-corrected chi connectivity index (χ2v) is 4.15. The van der Waals surface area contributed by atoms with Gasteiger partial charge in [-0.1, -0.05) is 0 Å². The summed E-state index contributed by atoms with van der Waals surface area (Å²) in [6, 6.07) is 6.30. The molecule has 0 saturated heterocycles. The summed E-state index contributed by atoms with van der Waals surface area (Å²) >= 11 is 0. The summed E-state index contributed by atoms with van der Waals surface area (Å²) in [6.07, 6.45) is 0. The van der Waals surface area contributed by atoms with E-state index in [0.717, 1.165) is 24.3 Å². The lowest BCUT2D eigenvalue weighted by Gasteiger charge is -2.09. The number of ether oxygens (including phenoxy) is 1. The maximum absolute atomic E-state index is 13.3. The molecule has 0 bridgehead atoms. The molecule has 0 aromatic heterocycles. The standard InChI is InChI=1S/C14H11F3N2O2/c15-8-1-3-11(17)13(5-8)21-7-14(20)19-9-2-4-10(16)12(18)6-9/h1-6H,7,18H2,(H,19,20).